The third-order valence-electron chi connectivity index (χ3n) is 5.53. The molecule has 0 radical (unpaired) electrons. The minimum Gasteiger partial charge on any atom is -0.355 e. The van der Waals surface area contributed by atoms with Gasteiger partial charge < -0.3 is 15.5 Å². The summed E-state index contributed by atoms with van der Waals surface area (Å²) < 4.78 is 38.4. The molecular weight excluding hydrogens is 443 g/mol. The maximum Gasteiger partial charge on any atom is 0.417 e. The van der Waals surface area contributed by atoms with E-state index < -0.39 is 11.7 Å². The van der Waals surface area contributed by atoms with Crippen molar-refractivity contribution in [3.05, 3.63) is 59.0 Å². The summed E-state index contributed by atoms with van der Waals surface area (Å²) in [7, 11) is 0. The second-order valence-electron chi connectivity index (χ2n) is 7.68. The second kappa shape index (κ2) is 8.82. The van der Waals surface area contributed by atoms with Crippen molar-refractivity contribution in [3.8, 4) is 0 Å². The van der Waals surface area contributed by atoms with Crippen molar-refractivity contribution in [2.75, 3.05) is 23.3 Å². The summed E-state index contributed by atoms with van der Waals surface area (Å²) in [6.07, 6.45) is -0.758. The lowest BCUT2D eigenvalue weighted by Crippen LogP contribution is -2.46. The molecule has 3 aromatic rings. The van der Waals surface area contributed by atoms with E-state index in [1.807, 2.05) is 36.1 Å². The summed E-state index contributed by atoms with van der Waals surface area (Å²) >= 11 is 6.05. The number of urea groups is 1. The number of carbonyl (C=O) groups excluding carboxylic acids is 1. The maximum absolute atomic E-state index is 12.8. The number of halogens is 4. The van der Waals surface area contributed by atoms with E-state index in [9.17, 15) is 18.0 Å². The van der Waals surface area contributed by atoms with Crippen molar-refractivity contribution in [3.63, 3.8) is 0 Å². The third kappa shape index (κ3) is 4.72. The molecule has 1 aliphatic rings. The minimum atomic E-state index is -4.49. The van der Waals surface area contributed by atoms with E-state index in [4.69, 9.17) is 11.6 Å². The molecule has 1 saturated heterocycles. The van der Waals surface area contributed by atoms with E-state index in [2.05, 4.69) is 20.6 Å². The third-order valence-corrected chi connectivity index (χ3v) is 5.81. The lowest BCUT2D eigenvalue weighted by molar-refractivity contribution is -0.137. The van der Waals surface area contributed by atoms with Gasteiger partial charge in [0, 0.05) is 48.0 Å². The van der Waals surface area contributed by atoms with Gasteiger partial charge in [-0.2, -0.15) is 13.2 Å². The minimum absolute atomic E-state index is 0.0373. The van der Waals surface area contributed by atoms with Crippen LogP contribution in [0.15, 0.2) is 42.7 Å². The van der Waals surface area contributed by atoms with E-state index in [0.717, 1.165) is 28.7 Å². The molecule has 3 heterocycles. The number of benzene rings is 1. The standard InChI is InChI=1S/C22H21ClF3N5O/c1-13-16-3-2-4-19(17(16)5-8-27-13)30-21(32)29-15-6-9-31(10-7-15)20-18(23)11-14(12-28-20)22(24,25)26/h2-5,8,11-12,15H,6-7,9-10H2,1H3,(H2,29,30,32). The molecule has 32 heavy (non-hydrogen) atoms. The molecule has 0 bridgehead atoms. The summed E-state index contributed by atoms with van der Waals surface area (Å²) in [5, 5.41) is 7.71. The zero-order valence-corrected chi connectivity index (χ0v) is 18.0. The number of fused-ring (bicyclic) bond motifs is 1. The van der Waals surface area contributed by atoms with Gasteiger partial charge in [-0.3, -0.25) is 4.98 Å². The molecule has 6 nitrogen and oxygen atoms in total. The number of amides is 2. The summed E-state index contributed by atoms with van der Waals surface area (Å²) in [6, 6.07) is 8.03. The number of pyridine rings is 2. The van der Waals surface area contributed by atoms with Gasteiger partial charge in [0.2, 0.25) is 0 Å². The normalized spacial score (nSPS) is 15.1. The zero-order valence-electron chi connectivity index (χ0n) is 17.2. The van der Waals surface area contributed by atoms with Crippen LogP contribution in [0.3, 0.4) is 0 Å². The SMILES string of the molecule is Cc1nccc2c(NC(=O)NC3CCN(c4ncc(C(F)(F)F)cc4Cl)CC3)cccc12. The Morgan fingerprint density at radius 1 is 1.16 bits per heavy atom. The van der Waals surface area contributed by atoms with Crippen LogP contribution in [0.25, 0.3) is 10.8 Å². The molecular formula is C22H21ClF3N5O. The predicted molar refractivity (Wildman–Crippen MR) is 118 cm³/mol. The highest BCUT2D eigenvalue weighted by Crippen LogP contribution is 2.34. The van der Waals surface area contributed by atoms with E-state index in [1.54, 1.807) is 6.20 Å². The van der Waals surface area contributed by atoms with Crippen molar-refractivity contribution < 1.29 is 18.0 Å². The molecule has 1 aromatic carbocycles. The highest BCUT2D eigenvalue weighted by Gasteiger charge is 2.32. The Morgan fingerprint density at radius 2 is 1.91 bits per heavy atom. The van der Waals surface area contributed by atoms with E-state index in [1.165, 1.54) is 0 Å². The molecule has 0 saturated carbocycles. The van der Waals surface area contributed by atoms with Gasteiger partial charge in [-0.15, -0.1) is 0 Å². The largest absolute Gasteiger partial charge is 0.417 e. The highest BCUT2D eigenvalue weighted by atomic mass is 35.5. The average Bonchev–Trinajstić information content (AvgIpc) is 2.74. The maximum atomic E-state index is 12.8. The first-order valence-corrected chi connectivity index (χ1v) is 10.5. The first kappa shape index (κ1) is 22.1. The Balaban J connectivity index is 1.36. The van der Waals surface area contributed by atoms with Crippen LogP contribution in [0, 0.1) is 6.92 Å². The van der Waals surface area contributed by atoms with Crippen LogP contribution in [0.2, 0.25) is 5.02 Å². The Labute approximate surface area is 187 Å². The summed E-state index contributed by atoms with van der Waals surface area (Å²) in [5.74, 6) is 0.322. The molecule has 1 fully saturated rings. The van der Waals surface area contributed by atoms with E-state index in [-0.39, 0.29) is 17.1 Å². The molecule has 0 unspecified atom stereocenters. The lowest BCUT2D eigenvalue weighted by Gasteiger charge is -2.33. The summed E-state index contributed by atoms with van der Waals surface area (Å²) in [6.45, 7) is 2.95. The van der Waals surface area contributed by atoms with Crippen LogP contribution in [-0.4, -0.2) is 35.1 Å². The van der Waals surface area contributed by atoms with Crippen LogP contribution in [-0.2, 0) is 6.18 Å². The number of anilines is 2. The van der Waals surface area contributed by atoms with Gasteiger partial charge in [0.15, 0.2) is 0 Å². The van der Waals surface area contributed by atoms with Crippen molar-refractivity contribution >= 4 is 39.9 Å². The lowest BCUT2D eigenvalue weighted by atomic mass is 10.1. The number of alkyl halides is 3. The van der Waals surface area contributed by atoms with Gasteiger partial charge >= 0.3 is 12.2 Å². The number of hydrogen-bond donors (Lipinski definition) is 2. The van der Waals surface area contributed by atoms with Crippen LogP contribution < -0.4 is 15.5 Å². The molecule has 168 valence electrons. The molecule has 0 aliphatic carbocycles. The quantitative estimate of drug-likeness (QED) is 0.545. The zero-order chi connectivity index (χ0) is 22.9. The molecule has 2 aromatic heterocycles. The Bertz CT molecular complexity index is 1150. The number of aryl methyl sites for hydroxylation is 1. The first-order valence-electron chi connectivity index (χ1n) is 10.1. The van der Waals surface area contributed by atoms with Gasteiger partial charge in [0.1, 0.15) is 5.82 Å². The van der Waals surface area contributed by atoms with Gasteiger partial charge in [-0.1, -0.05) is 23.7 Å². The van der Waals surface area contributed by atoms with Gasteiger partial charge in [-0.05, 0) is 38.0 Å². The van der Waals surface area contributed by atoms with Gasteiger partial charge in [-0.25, -0.2) is 9.78 Å². The smallest absolute Gasteiger partial charge is 0.355 e. The fourth-order valence-corrected chi connectivity index (χ4v) is 4.15. The number of piperidine rings is 1. The fourth-order valence-electron chi connectivity index (χ4n) is 3.86. The first-order chi connectivity index (χ1) is 15.2. The van der Waals surface area contributed by atoms with Gasteiger partial charge in [0.25, 0.3) is 0 Å². The van der Waals surface area contributed by atoms with Crippen LogP contribution in [0.4, 0.5) is 29.5 Å². The fraction of sp³-hybridized carbons (Fsp3) is 0.318. The molecule has 10 heteroatoms. The average molecular weight is 464 g/mol. The van der Waals surface area contributed by atoms with Crippen molar-refractivity contribution in [1.29, 1.82) is 0 Å². The van der Waals surface area contributed by atoms with Crippen molar-refractivity contribution in [2.45, 2.75) is 32.0 Å². The Hall–Kier alpha value is -3.07. The summed E-state index contributed by atoms with van der Waals surface area (Å²) in [5.41, 5.74) is 0.706. The number of aromatic nitrogens is 2. The second-order valence-corrected chi connectivity index (χ2v) is 8.09. The topological polar surface area (TPSA) is 70.2 Å². The molecule has 0 atom stereocenters. The molecule has 4 rings (SSSR count). The number of carbonyl (C=O) groups is 1. The summed E-state index contributed by atoms with van der Waals surface area (Å²) in [4.78, 5) is 22.6. The number of rotatable bonds is 3. The molecule has 0 spiro atoms. The van der Waals surface area contributed by atoms with Crippen LogP contribution >= 0.6 is 11.6 Å². The Morgan fingerprint density at radius 3 is 2.59 bits per heavy atom. The van der Waals surface area contributed by atoms with Gasteiger partial charge in [0.05, 0.1) is 16.3 Å². The molecule has 2 N–H and O–H groups in total. The monoisotopic (exact) mass is 463 g/mol. The van der Waals surface area contributed by atoms with Crippen LogP contribution in [0.1, 0.15) is 24.1 Å². The number of nitrogens with one attached hydrogen (secondary N) is 2. The van der Waals surface area contributed by atoms with Crippen molar-refractivity contribution in [1.82, 2.24) is 15.3 Å². The number of hydrogen-bond acceptors (Lipinski definition) is 4. The highest BCUT2D eigenvalue weighted by molar-refractivity contribution is 6.33. The van der Waals surface area contributed by atoms with E-state index in [0.29, 0.717) is 37.4 Å². The molecule has 2 amide bonds. The predicted octanol–water partition coefficient (Wildman–Crippen LogP) is 5.40. The van der Waals surface area contributed by atoms with Crippen molar-refractivity contribution in [2.24, 2.45) is 0 Å². The number of nitrogens with zero attached hydrogens (tertiary/aromatic N) is 3. The van der Waals surface area contributed by atoms with Crippen LogP contribution in [0.5, 0.6) is 0 Å². The Kier molecular flexibility index (Phi) is 6.10. The molecule has 1 aliphatic heterocycles. The van der Waals surface area contributed by atoms with E-state index >= 15 is 0 Å².